The van der Waals surface area contributed by atoms with Gasteiger partial charge >= 0.3 is 6.03 Å². The molecule has 0 aliphatic rings. The summed E-state index contributed by atoms with van der Waals surface area (Å²) in [4.78, 5) is 16.1. The van der Waals surface area contributed by atoms with Gasteiger partial charge < -0.3 is 15.4 Å². The summed E-state index contributed by atoms with van der Waals surface area (Å²) in [6.45, 7) is 1.36. The lowest BCUT2D eigenvalue weighted by Gasteiger charge is -2.09. The van der Waals surface area contributed by atoms with Crippen LogP contribution in [0.25, 0.3) is 0 Å². The Morgan fingerprint density at radius 2 is 1.52 bits per heavy atom. The van der Waals surface area contributed by atoms with E-state index in [9.17, 15) is 4.79 Å². The van der Waals surface area contributed by atoms with Crippen LogP contribution in [0.4, 0.5) is 4.79 Å². The van der Waals surface area contributed by atoms with Crippen molar-refractivity contribution in [2.45, 2.75) is 19.7 Å². The number of benzene rings is 2. The van der Waals surface area contributed by atoms with Crippen LogP contribution in [0.3, 0.4) is 0 Å². The normalized spacial score (nSPS) is 10.3. The molecule has 0 bridgehead atoms. The van der Waals surface area contributed by atoms with Crippen molar-refractivity contribution in [1.82, 2.24) is 15.6 Å². The van der Waals surface area contributed by atoms with Crippen LogP contribution in [0.2, 0.25) is 0 Å². The maximum atomic E-state index is 11.9. The fraction of sp³-hybridized carbons (Fsp3) is 0.143. The Hall–Kier alpha value is -2.86. The molecule has 138 valence electrons. The lowest BCUT2D eigenvalue weighted by atomic mass is 10.2. The smallest absolute Gasteiger partial charge is 0.315 e. The summed E-state index contributed by atoms with van der Waals surface area (Å²) in [7, 11) is 0. The first kappa shape index (κ1) is 18.9. The first-order chi connectivity index (χ1) is 13.2. The second-order valence-electron chi connectivity index (χ2n) is 5.92. The second-order valence-corrected chi connectivity index (χ2v) is 6.83. The van der Waals surface area contributed by atoms with Gasteiger partial charge in [0, 0.05) is 23.8 Å². The predicted molar refractivity (Wildman–Crippen MR) is 108 cm³/mol. The Bertz CT molecular complexity index is 853. The zero-order valence-corrected chi connectivity index (χ0v) is 16.3. The van der Waals surface area contributed by atoms with Gasteiger partial charge in [0.05, 0.1) is 5.69 Å². The molecule has 0 saturated carbocycles. The van der Waals surface area contributed by atoms with Crippen LogP contribution >= 0.6 is 15.9 Å². The number of amides is 2. The standard InChI is InChI=1S/C21H20BrN3O2/c22-18-8-4-16(5-9-18)13-24-21(26)25-14-17-6-10-20(11-7-17)27-15-19-3-1-2-12-23-19/h1-12H,13-15H2,(H2,24,25,26). The minimum atomic E-state index is -0.201. The van der Waals surface area contributed by atoms with Gasteiger partial charge in [0.25, 0.3) is 0 Å². The maximum Gasteiger partial charge on any atom is 0.315 e. The quantitative estimate of drug-likeness (QED) is 0.588. The van der Waals surface area contributed by atoms with Crippen LogP contribution in [0.1, 0.15) is 16.8 Å². The topological polar surface area (TPSA) is 63.2 Å². The van der Waals surface area contributed by atoms with Crippen LogP contribution in [-0.2, 0) is 19.7 Å². The van der Waals surface area contributed by atoms with Crippen LogP contribution in [0.15, 0.2) is 77.4 Å². The van der Waals surface area contributed by atoms with Crippen molar-refractivity contribution in [3.8, 4) is 5.75 Å². The number of aromatic nitrogens is 1. The van der Waals surface area contributed by atoms with E-state index in [2.05, 4.69) is 31.5 Å². The highest BCUT2D eigenvalue weighted by Gasteiger charge is 2.02. The van der Waals surface area contributed by atoms with E-state index in [4.69, 9.17) is 4.74 Å². The van der Waals surface area contributed by atoms with Gasteiger partial charge in [-0.2, -0.15) is 0 Å². The molecule has 2 amide bonds. The van der Waals surface area contributed by atoms with Crippen LogP contribution in [-0.4, -0.2) is 11.0 Å². The summed E-state index contributed by atoms with van der Waals surface area (Å²) in [5, 5.41) is 5.69. The Morgan fingerprint density at radius 3 is 2.11 bits per heavy atom. The highest BCUT2D eigenvalue weighted by molar-refractivity contribution is 9.10. The minimum absolute atomic E-state index is 0.201. The number of hydrogen-bond acceptors (Lipinski definition) is 3. The van der Waals surface area contributed by atoms with Crippen molar-refractivity contribution in [2.24, 2.45) is 0 Å². The van der Waals surface area contributed by atoms with Gasteiger partial charge in [0.15, 0.2) is 0 Å². The summed E-state index contributed by atoms with van der Waals surface area (Å²) in [6.07, 6.45) is 1.75. The van der Waals surface area contributed by atoms with Crippen molar-refractivity contribution in [1.29, 1.82) is 0 Å². The molecular formula is C21H20BrN3O2. The molecule has 0 atom stereocenters. The summed E-state index contributed by atoms with van der Waals surface area (Å²) < 4.78 is 6.72. The molecule has 0 fully saturated rings. The number of urea groups is 1. The summed E-state index contributed by atoms with van der Waals surface area (Å²) in [5.41, 5.74) is 2.92. The molecule has 0 radical (unpaired) electrons. The number of carbonyl (C=O) groups is 1. The van der Waals surface area contributed by atoms with Gasteiger partial charge in [0.1, 0.15) is 12.4 Å². The third-order valence-electron chi connectivity index (χ3n) is 3.86. The van der Waals surface area contributed by atoms with Gasteiger partial charge in [-0.05, 0) is 47.5 Å². The third kappa shape index (κ3) is 6.42. The van der Waals surface area contributed by atoms with Gasteiger partial charge in [-0.25, -0.2) is 4.79 Å². The lowest BCUT2D eigenvalue weighted by Crippen LogP contribution is -2.34. The molecule has 6 heteroatoms. The molecule has 5 nitrogen and oxygen atoms in total. The number of carbonyl (C=O) groups excluding carboxylic acids is 1. The number of hydrogen-bond donors (Lipinski definition) is 2. The number of nitrogens with one attached hydrogen (secondary N) is 2. The van der Waals surface area contributed by atoms with E-state index in [1.54, 1.807) is 6.20 Å². The molecule has 3 aromatic rings. The summed E-state index contributed by atoms with van der Waals surface area (Å²) >= 11 is 3.39. The van der Waals surface area contributed by atoms with E-state index in [1.807, 2.05) is 66.7 Å². The van der Waals surface area contributed by atoms with Crippen molar-refractivity contribution in [3.63, 3.8) is 0 Å². The molecule has 2 aromatic carbocycles. The van der Waals surface area contributed by atoms with Gasteiger partial charge in [0.2, 0.25) is 0 Å². The largest absolute Gasteiger partial charge is 0.487 e. The lowest BCUT2D eigenvalue weighted by molar-refractivity contribution is 0.240. The number of pyridine rings is 1. The zero-order chi connectivity index (χ0) is 18.9. The monoisotopic (exact) mass is 425 g/mol. The molecule has 0 spiro atoms. The van der Waals surface area contributed by atoms with Crippen LogP contribution in [0, 0.1) is 0 Å². The Labute approximate surface area is 166 Å². The Morgan fingerprint density at radius 1 is 0.889 bits per heavy atom. The molecule has 1 aromatic heterocycles. The van der Waals surface area contributed by atoms with E-state index >= 15 is 0 Å². The van der Waals surface area contributed by atoms with Crippen molar-refractivity contribution in [3.05, 3.63) is 94.2 Å². The fourth-order valence-corrected chi connectivity index (χ4v) is 2.64. The average molecular weight is 426 g/mol. The molecule has 0 aliphatic carbocycles. The molecule has 3 rings (SSSR count). The van der Waals surface area contributed by atoms with E-state index in [0.29, 0.717) is 19.7 Å². The van der Waals surface area contributed by atoms with E-state index in [-0.39, 0.29) is 6.03 Å². The van der Waals surface area contributed by atoms with Crippen molar-refractivity contribution >= 4 is 22.0 Å². The van der Waals surface area contributed by atoms with Crippen LogP contribution in [0.5, 0.6) is 5.75 Å². The summed E-state index contributed by atoms with van der Waals surface area (Å²) in [5.74, 6) is 0.768. The highest BCUT2D eigenvalue weighted by Crippen LogP contribution is 2.14. The van der Waals surface area contributed by atoms with Crippen molar-refractivity contribution in [2.75, 3.05) is 0 Å². The summed E-state index contributed by atoms with van der Waals surface area (Å²) in [6, 6.07) is 21.0. The molecule has 0 saturated heterocycles. The molecular weight excluding hydrogens is 406 g/mol. The third-order valence-corrected chi connectivity index (χ3v) is 4.38. The predicted octanol–water partition coefficient (Wildman–Crippen LogP) is 4.42. The van der Waals surface area contributed by atoms with E-state index in [1.165, 1.54) is 0 Å². The van der Waals surface area contributed by atoms with Crippen molar-refractivity contribution < 1.29 is 9.53 Å². The minimum Gasteiger partial charge on any atom is -0.487 e. The zero-order valence-electron chi connectivity index (χ0n) is 14.7. The van der Waals surface area contributed by atoms with Gasteiger partial charge in [-0.3, -0.25) is 4.98 Å². The molecule has 27 heavy (non-hydrogen) atoms. The van der Waals surface area contributed by atoms with E-state index < -0.39 is 0 Å². The fourth-order valence-electron chi connectivity index (χ4n) is 2.37. The number of halogens is 1. The van der Waals surface area contributed by atoms with Gasteiger partial charge in [-0.1, -0.05) is 46.3 Å². The molecule has 0 unspecified atom stereocenters. The van der Waals surface area contributed by atoms with Crippen LogP contribution < -0.4 is 15.4 Å². The molecule has 1 heterocycles. The number of ether oxygens (including phenoxy) is 1. The number of nitrogens with zero attached hydrogens (tertiary/aromatic N) is 1. The maximum absolute atomic E-state index is 11.9. The highest BCUT2D eigenvalue weighted by atomic mass is 79.9. The average Bonchev–Trinajstić information content (AvgIpc) is 2.72. The second kappa shape index (κ2) is 9.73. The van der Waals surface area contributed by atoms with E-state index in [0.717, 1.165) is 27.0 Å². The Kier molecular flexibility index (Phi) is 6.82. The number of rotatable bonds is 7. The molecule has 0 aliphatic heterocycles. The first-order valence-electron chi connectivity index (χ1n) is 8.57. The SMILES string of the molecule is O=C(NCc1ccc(Br)cc1)NCc1ccc(OCc2ccccn2)cc1. The molecule has 2 N–H and O–H groups in total. The van der Waals surface area contributed by atoms with Gasteiger partial charge in [-0.15, -0.1) is 0 Å². The Balaban J connectivity index is 1.40. The first-order valence-corrected chi connectivity index (χ1v) is 9.36.